The Bertz CT molecular complexity index is 403. The first kappa shape index (κ1) is 19.0. The van der Waals surface area contributed by atoms with Crippen molar-refractivity contribution in [3.8, 4) is 0 Å². The number of carbonyl (C=O) groups excluding carboxylic acids is 1. The summed E-state index contributed by atoms with van der Waals surface area (Å²) in [7, 11) is 1.77. The van der Waals surface area contributed by atoms with Gasteiger partial charge in [0.15, 0.2) is 0 Å². The van der Waals surface area contributed by atoms with Crippen LogP contribution in [0, 0.1) is 5.92 Å². The van der Waals surface area contributed by atoms with Crippen LogP contribution >= 0.6 is 0 Å². The summed E-state index contributed by atoms with van der Waals surface area (Å²) in [4.78, 5) is 11.5. The van der Waals surface area contributed by atoms with E-state index in [1.807, 2.05) is 13.0 Å². The molecule has 0 N–H and O–H groups in total. The molecule has 0 radical (unpaired) electrons. The lowest BCUT2D eigenvalue weighted by atomic mass is 9.95. The van der Waals surface area contributed by atoms with Crippen molar-refractivity contribution in [2.24, 2.45) is 5.92 Å². The topological polar surface area (TPSA) is 35.5 Å². The van der Waals surface area contributed by atoms with Gasteiger partial charge in [0, 0.05) is 13.2 Å². The zero-order valence-electron chi connectivity index (χ0n) is 14.9. The minimum atomic E-state index is -0.209. The van der Waals surface area contributed by atoms with E-state index >= 15 is 0 Å². The van der Waals surface area contributed by atoms with Gasteiger partial charge < -0.3 is 9.47 Å². The summed E-state index contributed by atoms with van der Waals surface area (Å²) in [5.41, 5.74) is 0.940. The van der Waals surface area contributed by atoms with Crippen LogP contribution in [0.4, 0.5) is 0 Å². The predicted octanol–water partition coefficient (Wildman–Crippen LogP) is 4.82. The third-order valence-corrected chi connectivity index (χ3v) is 4.10. The van der Waals surface area contributed by atoms with Gasteiger partial charge >= 0.3 is 5.97 Å². The lowest BCUT2D eigenvalue weighted by Gasteiger charge is -2.23. The molecule has 1 atom stereocenters. The van der Waals surface area contributed by atoms with E-state index in [9.17, 15) is 4.79 Å². The van der Waals surface area contributed by atoms with Crippen molar-refractivity contribution in [2.45, 2.75) is 77.9 Å². The van der Waals surface area contributed by atoms with Gasteiger partial charge in [-0.05, 0) is 57.9 Å². The van der Waals surface area contributed by atoms with Gasteiger partial charge in [-0.15, -0.1) is 0 Å². The molecule has 0 aromatic rings. The molecule has 0 amide bonds. The number of rotatable bonds is 10. The van der Waals surface area contributed by atoms with E-state index in [2.05, 4.69) is 26.8 Å². The van der Waals surface area contributed by atoms with E-state index < -0.39 is 0 Å². The molecule has 126 valence electrons. The van der Waals surface area contributed by atoms with Gasteiger partial charge in [-0.3, -0.25) is 0 Å². The Labute approximate surface area is 135 Å². The average Bonchev–Trinajstić information content (AvgIpc) is 3.22. The normalized spacial score (nSPS) is 17.8. The molecule has 0 bridgehead atoms. The minimum absolute atomic E-state index is 0.0171. The summed E-state index contributed by atoms with van der Waals surface area (Å²) in [6.07, 6.45) is 12.5. The SMILES string of the molecule is COC(C)(C)CCCC(C)CC=CC(C)=CC(=O)OC1CC1. The van der Waals surface area contributed by atoms with Crippen LogP contribution in [0.2, 0.25) is 0 Å². The molecule has 1 aliphatic carbocycles. The highest BCUT2D eigenvalue weighted by atomic mass is 16.5. The second-order valence-corrected chi connectivity index (χ2v) is 7.12. The Morgan fingerprint density at radius 1 is 1.36 bits per heavy atom. The molecule has 0 aliphatic heterocycles. The fourth-order valence-corrected chi connectivity index (χ4v) is 2.20. The van der Waals surface area contributed by atoms with Crippen molar-refractivity contribution in [1.82, 2.24) is 0 Å². The second-order valence-electron chi connectivity index (χ2n) is 7.12. The third-order valence-electron chi connectivity index (χ3n) is 4.10. The molecule has 1 saturated carbocycles. The highest BCUT2D eigenvalue weighted by Crippen LogP contribution is 2.24. The summed E-state index contributed by atoms with van der Waals surface area (Å²) in [6.45, 7) is 8.47. The van der Waals surface area contributed by atoms with Gasteiger partial charge in [0.1, 0.15) is 6.10 Å². The number of esters is 1. The molecule has 1 rings (SSSR count). The maximum absolute atomic E-state index is 11.5. The lowest BCUT2D eigenvalue weighted by molar-refractivity contribution is -0.138. The molecule has 3 heteroatoms. The van der Waals surface area contributed by atoms with Crippen LogP contribution in [-0.2, 0) is 14.3 Å². The maximum atomic E-state index is 11.5. The van der Waals surface area contributed by atoms with Crippen LogP contribution in [0.15, 0.2) is 23.8 Å². The smallest absolute Gasteiger partial charge is 0.331 e. The highest BCUT2D eigenvalue weighted by Gasteiger charge is 2.25. The van der Waals surface area contributed by atoms with E-state index in [1.165, 1.54) is 12.8 Å². The predicted molar refractivity (Wildman–Crippen MR) is 90.7 cm³/mol. The van der Waals surface area contributed by atoms with Crippen molar-refractivity contribution in [3.05, 3.63) is 23.8 Å². The third kappa shape index (κ3) is 9.04. The van der Waals surface area contributed by atoms with Crippen LogP contribution < -0.4 is 0 Å². The molecule has 0 saturated heterocycles. The molecule has 1 aliphatic rings. The van der Waals surface area contributed by atoms with E-state index in [0.717, 1.165) is 31.3 Å². The Morgan fingerprint density at radius 3 is 2.64 bits per heavy atom. The number of allylic oxidation sites excluding steroid dienone is 3. The fourth-order valence-electron chi connectivity index (χ4n) is 2.20. The van der Waals surface area contributed by atoms with E-state index in [1.54, 1.807) is 13.2 Å². The van der Waals surface area contributed by atoms with E-state index in [0.29, 0.717) is 5.92 Å². The highest BCUT2D eigenvalue weighted by molar-refractivity contribution is 5.83. The first-order valence-corrected chi connectivity index (χ1v) is 8.43. The van der Waals surface area contributed by atoms with E-state index in [-0.39, 0.29) is 17.7 Å². The number of methoxy groups -OCH3 is 1. The molecule has 0 aromatic carbocycles. The zero-order valence-corrected chi connectivity index (χ0v) is 14.9. The van der Waals surface area contributed by atoms with Crippen molar-refractivity contribution >= 4 is 5.97 Å². The van der Waals surface area contributed by atoms with Crippen LogP contribution in [-0.4, -0.2) is 24.8 Å². The first-order chi connectivity index (χ1) is 10.3. The Balaban J connectivity index is 2.19. The second kappa shape index (κ2) is 9.14. The van der Waals surface area contributed by atoms with Crippen LogP contribution in [0.1, 0.15) is 66.2 Å². The molecule has 3 nitrogen and oxygen atoms in total. The molecular weight excluding hydrogens is 276 g/mol. The minimum Gasteiger partial charge on any atom is -0.459 e. The van der Waals surface area contributed by atoms with Crippen LogP contribution in [0.5, 0.6) is 0 Å². The number of hydrogen-bond acceptors (Lipinski definition) is 3. The first-order valence-electron chi connectivity index (χ1n) is 8.43. The van der Waals surface area contributed by atoms with Gasteiger partial charge in [0.25, 0.3) is 0 Å². The summed E-state index contributed by atoms with van der Waals surface area (Å²) in [6, 6.07) is 0. The van der Waals surface area contributed by atoms with Crippen molar-refractivity contribution in [1.29, 1.82) is 0 Å². The summed E-state index contributed by atoms with van der Waals surface area (Å²) in [5, 5.41) is 0. The summed E-state index contributed by atoms with van der Waals surface area (Å²) >= 11 is 0. The molecule has 1 fully saturated rings. The number of carbonyl (C=O) groups is 1. The molecule has 0 spiro atoms. The fraction of sp³-hybridized carbons (Fsp3) is 0.737. The van der Waals surface area contributed by atoms with E-state index in [4.69, 9.17) is 9.47 Å². The van der Waals surface area contributed by atoms with Gasteiger partial charge in [0.2, 0.25) is 0 Å². The number of ether oxygens (including phenoxy) is 2. The summed E-state index contributed by atoms with van der Waals surface area (Å²) < 4.78 is 10.6. The Morgan fingerprint density at radius 2 is 2.05 bits per heavy atom. The number of hydrogen-bond donors (Lipinski definition) is 0. The Kier molecular flexibility index (Phi) is 7.88. The maximum Gasteiger partial charge on any atom is 0.331 e. The summed E-state index contributed by atoms with van der Waals surface area (Å²) in [5.74, 6) is 0.439. The standard InChI is InChI=1S/C19H32O3/c1-15(10-7-13-19(3,4)21-5)8-6-9-16(2)14-18(20)22-17-11-12-17/h6,9,14-15,17H,7-8,10-13H2,1-5H3. The Hall–Kier alpha value is -1.09. The van der Waals surface area contributed by atoms with Crippen molar-refractivity contribution in [2.75, 3.05) is 7.11 Å². The molecule has 0 aromatic heterocycles. The van der Waals surface area contributed by atoms with Gasteiger partial charge in [-0.2, -0.15) is 0 Å². The van der Waals surface area contributed by atoms with Crippen LogP contribution in [0.25, 0.3) is 0 Å². The van der Waals surface area contributed by atoms with Gasteiger partial charge in [-0.1, -0.05) is 31.9 Å². The van der Waals surface area contributed by atoms with Crippen LogP contribution in [0.3, 0.4) is 0 Å². The van der Waals surface area contributed by atoms with Crippen molar-refractivity contribution < 1.29 is 14.3 Å². The monoisotopic (exact) mass is 308 g/mol. The quantitative estimate of drug-likeness (QED) is 0.330. The molecular formula is C19H32O3. The molecule has 0 heterocycles. The van der Waals surface area contributed by atoms with Crippen molar-refractivity contribution in [3.63, 3.8) is 0 Å². The largest absolute Gasteiger partial charge is 0.459 e. The molecule has 22 heavy (non-hydrogen) atoms. The van der Waals surface area contributed by atoms with Gasteiger partial charge in [-0.25, -0.2) is 4.79 Å². The average molecular weight is 308 g/mol. The van der Waals surface area contributed by atoms with Gasteiger partial charge in [0.05, 0.1) is 5.60 Å². The lowest BCUT2D eigenvalue weighted by Crippen LogP contribution is -2.22. The zero-order chi connectivity index (χ0) is 16.6. The molecule has 1 unspecified atom stereocenters.